The zero-order valence-corrected chi connectivity index (χ0v) is 10.2. The Morgan fingerprint density at radius 3 is 2.61 bits per heavy atom. The molecule has 0 aliphatic carbocycles. The molecule has 0 radical (unpaired) electrons. The predicted octanol–water partition coefficient (Wildman–Crippen LogP) is 2.58. The van der Waals surface area contributed by atoms with Crippen molar-refractivity contribution in [2.24, 2.45) is 0 Å². The smallest absolute Gasteiger partial charge is 0.221 e. The van der Waals surface area contributed by atoms with E-state index >= 15 is 0 Å². The van der Waals surface area contributed by atoms with Crippen LogP contribution in [-0.2, 0) is 0 Å². The lowest BCUT2D eigenvalue weighted by atomic mass is 10.0. The molecular weight excluding hydrogens is 230 g/mol. The van der Waals surface area contributed by atoms with Crippen LogP contribution in [0.15, 0.2) is 36.5 Å². The van der Waals surface area contributed by atoms with Gasteiger partial charge in [-0.25, -0.2) is 4.98 Å². The van der Waals surface area contributed by atoms with Crippen LogP contribution in [0, 0.1) is 0 Å². The van der Waals surface area contributed by atoms with Gasteiger partial charge in [0.05, 0.1) is 14.2 Å². The molecule has 4 heteroatoms. The molecule has 0 atom stereocenters. The van der Waals surface area contributed by atoms with Gasteiger partial charge in [-0.2, -0.15) is 0 Å². The molecule has 4 nitrogen and oxygen atoms in total. The number of ether oxygens (including phenoxy) is 2. The maximum absolute atomic E-state index is 11.1. The number of rotatable bonds is 4. The van der Waals surface area contributed by atoms with Gasteiger partial charge in [0.25, 0.3) is 0 Å². The van der Waals surface area contributed by atoms with Crippen molar-refractivity contribution in [1.29, 1.82) is 0 Å². The van der Waals surface area contributed by atoms with Crippen molar-refractivity contribution in [3.8, 4) is 22.8 Å². The fraction of sp³-hybridized carbons (Fsp3) is 0.143. The minimum atomic E-state index is 0.480. The number of aromatic nitrogens is 1. The van der Waals surface area contributed by atoms with Crippen molar-refractivity contribution in [3.63, 3.8) is 0 Å². The van der Waals surface area contributed by atoms with Crippen molar-refractivity contribution in [2.45, 2.75) is 0 Å². The molecule has 0 spiro atoms. The monoisotopic (exact) mass is 243 g/mol. The Labute approximate surface area is 105 Å². The molecule has 0 bridgehead atoms. The highest BCUT2D eigenvalue weighted by Gasteiger charge is 2.11. The van der Waals surface area contributed by atoms with Gasteiger partial charge in [0.1, 0.15) is 5.75 Å². The normalized spacial score (nSPS) is 9.89. The fourth-order valence-corrected chi connectivity index (χ4v) is 1.76. The van der Waals surface area contributed by atoms with Crippen molar-refractivity contribution in [3.05, 3.63) is 42.1 Å². The van der Waals surface area contributed by atoms with E-state index < -0.39 is 0 Å². The van der Waals surface area contributed by atoms with Gasteiger partial charge in [0.2, 0.25) is 5.88 Å². The zero-order valence-electron chi connectivity index (χ0n) is 10.2. The fourth-order valence-electron chi connectivity index (χ4n) is 1.76. The standard InChI is InChI=1S/C14H13NO3/c1-17-11-6-5-10(9-16)13(8-11)12-4-3-7-15-14(12)18-2/h3-9H,1-2H3. The second-order valence-electron chi connectivity index (χ2n) is 3.63. The van der Waals surface area contributed by atoms with Crippen molar-refractivity contribution >= 4 is 6.29 Å². The van der Waals surface area contributed by atoms with E-state index in [1.807, 2.05) is 6.07 Å². The average Bonchev–Trinajstić information content (AvgIpc) is 2.46. The van der Waals surface area contributed by atoms with Crippen LogP contribution in [0.25, 0.3) is 11.1 Å². The Morgan fingerprint density at radius 2 is 1.94 bits per heavy atom. The molecule has 0 aliphatic rings. The van der Waals surface area contributed by atoms with Crippen LogP contribution >= 0.6 is 0 Å². The number of hydrogen-bond donors (Lipinski definition) is 0. The molecule has 2 rings (SSSR count). The molecule has 92 valence electrons. The number of carbonyl (C=O) groups excluding carboxylic acids is 1. The lowest BCUT2D eigenvalue weighted by Gasteiger charge is -2.10. The molecule has 0 saturated heterocycles. The highest BCUT2D eigenvalue weighted by molar-refractivity contribution is 5.89. The third-order valence-electron chi connectivity index (χ3n) is 2.64. The first-order chi connectivity index (χ1) is 8.80. The van der Waals surface area contributed by atoms with Gasteiger partial charge in [-0.1, -0.05) is 0 Å². The molecule has 0 N–H and O–H groups in total. The Morgan fingerprint density at radius 1 is 1.11 bits per heavy atom. The highest BCUT2D eigenvalue weighted by Crippen LogP contribution is 2.32. The van der Waals surface area contributed by atoms with Crippen LogP contribution in [0.3, 0.4) is 0 Å². The van der Waals surface area contributed by atoms with Crippen molar-refractivity contribution in [2.75, 3.05) is 14.2 Å². The summed E-state index contributed by atoms with van der Waals surface area (Å²) in [5, 5.41) is 0. The average molecular weight is 243 g/mol. The zero-order chi connectivity index (χ0) is 13.0. The Hall–Kier alpha value is -2.36. The summed E-state index contributed by atoms with van der Waals surface area (Å²) >= 11 is 0. The summed E-state index contributed by atoms with van der Waals surface area (Å²) in [7, 11) is 3.13. The summed E-state index contributed by atoms with van der Waals surface area (Å²) in [6.07, 6.45) is 2.45. The van der Waals surface area contributed by atoms with Crippen LogP contribution in [0.5, 0.6) is 11.6 Å². The lowest BCUT2D eigenvalue weighted by Crippen LogP contribution is -1.95. The van der Waals surface area contributed by atoms with E-state index in [0.717, 1.165) is 17.4 Å². The first-order valence-electron chi connectivity index (χ1n) is 5.42. The Bertz CT molecular complexity index is 567. The number of pyridine rings is 1. The Balaban J connectivity index is 2.64. The molecule has 1 heterocycles. The van der Waals surface area contributed by atoms with E-state index in [1.54, 1.807) is 44.7 Å². The van der Waals surface area contributed by atoms with Crippen LogP contribution in [0.1, 0.15) is 10.4 Å². The molecule has 0 fully saturated rings. The van der Waals surface area contributed by atoms with E-state index in [-0.39, 0.29) is 0 Å². The van der Waals surface area contributed by atoms with Crippen LogP contribution in [0.2, 0.25) is 0 Å². The maximum atomic E-state index is 11.1. The summed E-state index contributed by atoms with van der Waals surface area (Å²) in [5.74, 6) is 1.16. The third-order valence-corrected chi connectivity index (χ3v) is 2.64. The molecule has 0 aliphatic heterocycles. The minimum Gasteiger partial charge on any atom is -0.497 e. The summed E-state index contributed by atoms with van der Waals surface area (Å²) in [4.78, 5) is 15.2. The number of nitrogens with zero attached hydrogens (tertiary/aromatic N) is 1. The third kappa shape index (κ3) is 2.18. The van der Waals surface area contributed by atoms with Gasteiger partial charge in [-0.15, -0.1) is 0 Å². The second-order valence-corrected chi connectivity index (χ2v) is 3.63. The summed E-state index contributed by atoms with van der Waals surface area (Å²) in [5.41, 5.74) is 2.08. The Kier molecular flexibility index (Phi) is 3.57. The number of benzene rings is 1. The maximum Gasteiger partial charge on any atom is 0.221 e. The largest absolute Gasteiger partial charge is 0.497 e. The van der Waals surface area contributed by atoms with Gasteiger partial charge in [-0.05, 0) is 30.3 Å². The number of methoxy groups -OCH3 is 2. The van der Waals surface area contributed by atoms with E-state index in [9.17, 15) is 4.79 Å². The van der Waals surface area contributed by atoms with Gasteiger partial charge in [0.15, 0.2) is 6.29 Å². The number of carbonyl (C=O) groups is 1. The van der Waals surface area contributed by atoms with Crippen LogP contribution in [0.4, 0.5) is 0 Å². The van der Waals surface area contributed by atoms with Gasteiger partial charge in [-0.3, -0.25) is 4.79 Å². The van der Waals surface area contributed by atoms with E-state index in [0.29, 0.717) is 17.2 Å². The topological polar surface area (TPSA) is 48.4 Å². The van der Waals surface area contributed by atoms with E-state index in [2.05, 4.69) is 4.98 Å². The first-order valence-corrected chi connectivity index (χ1v) is 5.42. The molecule has 0 amide bonds. The number of hydrogen-bond acceptors (Lipinski definition) is 4. The van der Waals surface area contributed by atoms with E-state index in [1.165, 1.54) is 0 Å². The molecule has 0 saturated carbocycles. The van der Waals surface area contributed by atoms with Crippen LogP contribution < -0.4 is 9.47 Å². The van der Waals surface area contributed by atoms with Gasteiger partial charge in [0, 0.05) is 22.9 Å². The minimum absolute atomic E-state index is 0.480. The van der Waals surface area contributed by atoms with Crippen LogP contribution in [-0.4, -0.2) is 25.5 Å². The molecular formula is C14H13NO3. The molecule has 1 aromatic heterocycles. The predicted molar refractivity (Wildman–Crippen MR) is 68.2 cm³/mol. The molecule has 0 unspecified atom stereocenters. The van der Waals surface area contributed by atoms with Gasteiger partial charge >= 0.3 is 0 Å². The second kappa shape index (κ2) is 5.31. The summed E-state index contributed by atoms with van der Waals surface area (Å²) in [6.45, 7) is 0. The molecule has 1 aromatic carbocycles. The van der Waals surface area contributed by atoms with E-state index in [4.69, 9.17) is 9.47 Å². The van der Waals surface area contributed by atoms with Crippen molar-refractivity contribution < 1.29 is 14.3 Å². The molecule has 18 heavy (non-hydrogen) atoms. The lowest BCUT2D eigenvalue weighted by molar-refractivity contribution is 0.112. The quantitative estimate of drug-likeness (QED) is 0.774. The summed E-state index contributed by atoms with van der Waals surface area (Å²) in [6, 6.07) is 8.91. The van der Waals surface area contributed by atoms with Gasteiger partial charge < -0.3 is 9.47 Å². The van der Waals surface area contributed by atoms with Crippen molar-refractivity contribution in [1.82, 2.24) is 4.98 Å². The SMILES string of the molecule is COc1ccc(C=O)c(-c2cccnc2OC)c1. The summed E-state index contributed by atoms with van der Waals surface area (Å²) < 4.78 is 10.4. The molecule has 2 aromatic rings. The first kappa shape index (κ1) is 12.1. The number of aldehydes is 1. The highest BCUT2D eigenvalue weighted by atomic mass is 16.5.